The summed E-state index contributed by atoms with van der Waals surface area (Å²) in [5, 5.41) is 3.17. The zero-order valence-corrected chi connectivity index (χ0v) is 12.7. The van der Waals surface area contributed by atoms with Crippen LogP contribution in [-0.2, 0) is 11.3 Å². The average Bonchev–Trinajstić information content (AvgIpc) is 2.44. The van der Waals surface area contributed by atoms with E-state index in [0.29, 0.717) is 24.7 Å². The molecular weight excluding hydrogens is 322 g/mol. The molecule has 20 heavy (non-hydrogen) atoms. The van der Waals surface area contributed by atoms with Crippen molar-refractivity contribution in [3.05, 3.63) is 50.9 Å². The molecule has 0 spiro atoms. The largest absolute Gasteiger partial charge is 0.383 e. The number of H-pyrrole nitrogens is 1. The Bertz CT molecular complexity index is 611. The van der Waals surface area contributed by atoms with Crippen LogP contribution in [0.15, 0.2) is 39.6 Å². The maximum Gasteiger partial charge on any atom is 0.251 e. The van der Waals surface area contributed by atoms with Crippen molar-refractivity contribution in [3.8, 4) is 11.4 Å². The number of aromatic nitrogens is 2. The van der Waals surface area contributed by atoms with E-state index in [1.165, 1.54) is 6.07 Å². The van der Waals surface area contributed by atoms with Crippen LogP contribution in [0, 0.1) is 0 Å². The van der Waals surface area contributed by atoms with E-state index in [1.807, 2.05) is 24.3 Å². The summed E-state index contributed by atoms with van der Waals surface area (Å²) in [5.41, 5.74) is 1.44. The van der Waals surface area contributed by atoms with Gasteiger partial charge in [-0.3, -0.25) is 4.79 Å². The van der Waals surface area contributed by atoms with Gasteiger partial charge in [0.2, 0.25) is 0 Å². The smallest absolute Gasteiger partial charge is 0.251 e. The Hall–Kier alpha value is -1.50. The second-order valence-electron chi connectivity index (χ2n) is 4.26. The highest BCUT2D eigenvalue weighted by atomic mass is 79.9. The van der Waals surface area contributed by atoms with Crippen LogP contribution in [0.25, 0.3) is 11.4 Å². The number of hydrogen-bond acceptors (Lipinski definition) is 4. The maximum absolute atomic E-state index is 11.7. The van der Waals surface area contributed by atoms with Gasteiger partial charge in [-0.25, -0.2) is 4.98 Å². The molecule has 2 rings (SSSR count). The molecule has 0 atom stereocenters. The first-order chi connectivity index (χ1) is 9.69. The van der Waals surface area contributed by atoms with Gasteiger partial charge in [-0.15, -0.1) is 0 Å². The van der Waals surface area contributed by atoms with E-state index in [2.05, 4.69) is 31.2 Å². The number of hydrogen-bond donors (Lipinski definition) is 2. The summed E-state index contributed by atoms with van der Waals surface area (Å²) in [6.07, 6.45) is 0. The fourth-order valence-electron chi connectivity index (χ4n) is 1.73. The van der Waals surface area contributed by atoms with Gasteiger partial charge in [-0.1, -0.05) is 28.1 Å². The molecule has 1 aromatic heterocycles. The molecule has 0 saturated carbocycles. The van der Waals surface area contributed by atoms with Crippen molar-refractivity contribution in [2.75, 3.05) is 20.3 Å². The summed E-state index contributed by atoms with van der Waals surface area (Å²) in [6.45, 7) is 1.89. The van der Waals surface area contributed by atoms with Gasteiger partial charge >= 0.3 is 0 Å². The molecule has 0 aliphatic rings. The Kier molecular flexibility index (Phi) is 5.46. The summed E-state index contributed by atoms with van der Waals surface area (Å²) in [5.74, 6) is 0.577. The third-order valence-corrected chi connectivity index (χ3v) is 3.23. The number of halogens is 1. The molecule has 6 heteroatoms. The van der Waals surface area contributed by atoms with Gasteiger partial charge in [0.15, 0.2) is 0 Å². The van der Waals surface area contributed by atoms with E-state index < -0.39 is 0 Å². The van der Waals surface area contributed by atoms with Gasteiger partial charge in [0.05, 0.1) is 12.3 Å². The lowest BCUT2D eigenvalue weighted by Crippen LogP contribution is -2.21. The number of nitrogens with one attached hydrogen (secondary N) is 2. The molecule has 0 fully saturated rings. The van der Waals surface area contributed by atoms with Crippen molar-refractivity contribution in [3.63, 3.8) is 0 Å². The summed E-state index contributed by atoms with van der Waals surface area (Å²) in [7, 11) is 1.65. The lowest BCUT2D eigenvalue weighted by atomic mass is 10.2. The molecule has 0 radical (unpaired) electrons. The molecule has 0 amide bonds. The minimum atomic E-state index is -0.151. The molecule has 0 aliphatic carbocycles. The summed E-state index contributed by atoms with van der Waals surface area (Å²) >= 11 is 3.38. The third-order valence-electron chi connectivity index (χ3n) is 2.70. The first-order valence-corrected chi connectivity index (χ1v) is 7.04. The number of nitrogens with zero attached hydrogens (tertiary/aromatic N) is 1. The first-order valence-electron chi connectivity index (χ1n) is 6.25. The van der Waals surface area contributed by atoms with Crippen LogP contribution in [0.5, 0.6) is 0 Å². The van der Waals surface area contributed by atoms with Crippen molar-refractivity contribution in [2.24, 2.45) is 0 Å². The van der Waals surface area contributed by atoms with Gasteiger partial charge in [-0.05, 0) is 12.1 Å². The van der Waals surface area contributed by atoms with Crippen molar-refractivity contribution >= 4 is 15.9 Å². The van der Waals surface area contributed by atoms with E-state index in [0.717, 1.165) is 16.6 Å². The standard InChI is InChI=1S/C14H16BrN3O2/c1-20-7-6-16-9-12-8-13(19)18-14(17-12)10-2-4-11(15)5-3-10/h2-5,8,16H,6-7,9H2,1H3,(H,17,18,19). The molecule has 1 aromatic carbocycles. The molecule has 0 unspecified atom stereocenters. The minimum Gasteiger partial charge on any atom is -0.383 e. The monoisotopic (exact) mass is 337 g/mol. The predicted octanol–water partition coefficient (Wildman–Crippen LogP) is 1.94. The number of methoxy groups -OCH3 is 1. The molecule has 2 N–H and O–H groups in total. The van der Waals surface area contributed by atoms with Crippen LogP contribution in [0.4, 0.5) is 0 Å². The SMILES string of the molecule is COCCNCc1cc(=O)[nH]c(-c2ccc(Br)cc2)n1. The number of rotatable bonds is 6. The van der Waals surface area contributed by atoms with Gasteiger partial charge in [0, 0.05) is 36.3 Å². The number of benzene rings is 1. The van der Waals surface area contributed by atoms with Crippen molar-refractivity contribution in [2.45, 2.75) is 6.54 Å². The molecule has 0 aliphatic heterocycles. The van der Waals surface area contributed by atoms with Crippen LogP contribution in [0.2, 0.25) is 0 Å². The summed E-state index contributed by atoms with van der Waals surface area (Å²) < 4.78 is 5.94. The lowest BCUT2D eigenvalue weighted by molar-refractivity contribution is 0.199. The Labute approximate surface area is 125 Å². The highest BCUT2D eigenvalue weighted by Gasteiger charge is 2.04. The van der Waals surface area contributed by atoms with Crippen molar-refractivity contribution < 1.29 is 4.74 Å². The molecule has 1 heterocycles. The summed E-state index contributed by atoms with van der Waals surface area (Å²) in [6, 6.07) is 9.15. The molecule has 2 aromatic rings. The van der Waals surface area contributed by atoms with Crippen LogP contribution in [0.1, 0.15) is 5.69 Å². The highest BCUT2D eigenvalue weighted by Crippen LogP contribution is 2.17. The predicted molar refractivity (Wildman–Crippen MR) is 81.6 cm³/mol. The molecule has 5 nitrogen and oxygen atoms in total. The fraction of sp³-hybridized carbons (Fsp3) is 0.286. The third kappa shape index (κ3) is 4.26. The van der Waals surface area contributed by atoms with Gasteiger partial charge in [0.25, 0.3) is 5.56 Å². The van der Waals surface area contributed by atoms with Crippen LogP contribution >= 0.6 is 15.9 Å². The van der Waals surface area contributed by atoms with E-state index in [4.69, 9.17) is 4.74 Å². The number of ether oxygens (including phenoxy) is 1. The normalized spacial score (nSPS) is 10.7. The van der Waals surface area contributed by atoms with Crippen molar-refractivity contribution in [1.29, 1.82) is 0 Å². The highest BCUT2D eigenvalue weighted by molar-refractivity contribution is 9.10. The Morgan fingerprint density at radius 2 is 2.10 bits per heavy atom. The van der Waals surface area contributed by atoms with Gasteiger partial charge in [-0.2, -0.15) is 0 Å². The number of aromatic amines is 1. The van der Waals surface area contributed by atoms with Crippen molar-refractivity contribution in [1.82, 2.24) is 15.3 Å². The fourth-order valence-corrected chi connectivity index (χ4v) is 2.00. The Morgan fingerprint density at radius 3 is 2.80 bits per heavy atom. The Balaban J connectivity index is 2.16. The molecular formula is C14H16BrN3O2. The van der Waals surface area contributed by atoms with Crippen LogP contribution < -0.4 is 10.9 Å². The molecule has 106 valence electrons. The maximum atomic E-state index is 11.7. The zero-order chi connectivity index (χ0) is 14.4. The van der Waals surface area contributed by atoms with E-state index in [-0.39, 0.29) is 5.56 Å². The van der Waals surface area contributed by atoms with E-state index in [1.54, 1.807) is 7.11 Å². The molecule has 0 saturated heterocycles. The zero-order valence-electron chi connectivity index (χ0n) is 11.1. The second-order valence-corrected chi connectivity index (χ2v) is 5.18. The second kappa shape index (κ2) is 7.33. The molecule has 0 bridgehead atoms. The van der Waals surface area contributed by atoms with Crippen LogP contribution in [-0.4, -0.2) is 30.2 Å². The lowest BCUT2D eigenvalue weighted by Gasteiger charge is -2.06. The van der Waals surface area contributed by atoms with Gasteiger partial charge < -0.3 is 15.0 Å². The minimum absolute atomic E-state index is 0.151. The van der Waals surface area contributed by atoms with Gasteiger partial charge in [0.1, 0.15) is 5.82 Å². The quantitative estimate of drug-likeness (QED) is 0.790. The topological polar surface area (TPSA) is 67.0 Å². The first kappa shape index (κ1) is 14.9. The Morgan fingerprint density at radius 1 is 1.35 bits per heavy atom. The average molecular weight is 338 g/mol. The van der Waals surface area contributed by atoms with Crippen LogP contribution in [0.3, 0.4) is 0 Å². The van der Waals surface area contributed by atoms with E-state index >= 15 is 0 Å². The van der Waals surface area contributed by atoms with E-state index in [9.17, 15) is 4.79 Å². The summed E-state index contributed by atoms with van der Waals surface area (Å²) in [4.78, 5) is 18.9.